The van der Waals surface area contributed by atoms with Gasteiger partial charge in [0.1, 0.15) is 5.75 Å². The summed E-state index contributed by atoms with van der Waals surface area (Å²) in [6, 6.07) is 8.06. The second-order valence-corrected chi connectivity index (χ2v) is 5.93. The molecule has 0 spiro atoms. The van der Waals surface area contributed by atoms with Gasteiger partial charge in [-0.15, -0.1) is 5.92 Å². The van der Waals surface area contributed by atoms with Crippen LogP contribution in [0.2, 0.25) is 0 Å². The molecule has 0 aliphatic heterocycles. The van der Waals surface area contributed by atoms with Crippen molar-refractivity contribution in [3.63, 3.8) is 0 Å². The van der Waals surface area contributed by atoms with Gasteiger partial charge < -0.3 is 4.74 Å². The Morgan fingerprint density at radius 1 is 0.773 bits per heavy atom. The molecular formula is C21H32O. The highest BCUT2D eigenvalue weighted by Crippen LogP contribution is 2.13. The maximum Gasteiger partial charge on any atom is 0.119 e. The Morgan fingerprint density at radius 3 is 1.86 bits per heavy atom. The highest BCUT2D eigenvalue weighted by Gasteiger charge is 1.95. The highest BCUT2D eigenvalue weighted by molar-refractivity contribution is 5.37. The molecule has 22 heavy (non-hydrogen) atoms. The first kappa shape index (κ1) is 18.6. The summed E-state index contributed by atoms with van der Waals surface area (Å²) in [5, 5.41) is 0. The van der Waals surface area contributed by atoms with Crippen LogP contribution in [0.5, 0.6) is 5.75 Å². The molecule has 1 nitrogen and oxygen atoms in total. The lowest BCUT2D eigenvalue weighted by molar-refractivity contribution is 0.304. The van der Waals surface area contributed by atoms with Gasteiger partial charge >= 0.3 is 0 Å². The van der Waals surface area contributed by atoms with Gasteiger partial charge in [0, 0.05) is 5.56 Å². The monoisotopic (exact) mass is 300 g/mol. The molecule has 0 bridgehead atoms. The molecule has 0 aromatic heterocycles. The molecule has 122 valence electrons. The number of hydrogen-bond donors (Lipinski definition) is 0. The summed E-state index contributed by atoms with van der Waals surface area (Å²) in [5.74, 6) is 6.90. The van der Waals surface area contributed by atoms with Crippen molar-refractivity contribution in [1.29, 1.82) is 0 Å². The summed E-state index contributed by atoms with van der Waals surface area (Å²) < 4.78 is 5.76. The fraction of sp³-hybridized carbons (Fsp3) is 0.619. The lowest BCUT2D eigenvalue weighted by atomic mass is 10.1. The molecule has 0 saturated carbocycles. The predicted molar refractivity (Wildman–Crippen MR) is 96.3 cm³/mol. The first-order valence-corrected chi connectivity index (χ1v) is 9.02. The van der Waals surface area contributed by atoms with E-state index in [2.05, 4.69) is 18.8 Å². The maximum absolute atomic E-state index is 5.76. The standard InChI is InChI=1S/C21H32O/c1-3-5-6-7-8-9-10-11-12-13-19-22-21-17-15-20(14-4-2)16-18-21/h15-18H,3,5-13,19H2,1-2H3. The normalized spacial score (nSPS) is 10.1. The number of unbranched alkanes of at least 4 members (excludes halogenated alkanes) is 9. The zero-order valence-electron chi connectivity index (χ0n) is 14.5. The molecule has 0 heterocycles. The Morgan fingerprint density at radius 2 is 1.32 bits per heavy atom. The van der Waals surface area contributed by atoms with Gasteiger partial charge in [-0.2, -0.15) is 0 Å². The third-order valence-corrected chi connectivity index (χ3v) is 3.89. The number of hydrogen-bond acceptors (Lipinski definition) is 1. The van der Waals surface area contributed by atoms with Crippen LogP contribution in [0, 0.1) is 11.8 Å². The van der Waals surface area contributed by atoms with E-state index in [9.17, 15) is 0 Å². The smallest absolute Gasteiger partial charge is 0.119 e. The Hall–Kier alpha value is -1.42. The van der Waals surface area contributed by atoms with Crippen LogP contribution in [0.4, 0.5) is 0 Å². The minimum Gasteiger partial charge on any atom is -0.494 e. The molecule has 0 unspecified atom stereocenters. The van der Waals surface area contributed by atoms with Gasteiger partial charge in [0.15, 0.2) is 0 Å². The summed E-state index contributed by atoms with van der Waals surface area (Å²) in [4.78, 5) is 0. The van der Waals surface area contributed by atoms with Gasteiger partial charge in [-0.05, 0) is 37.6 Å². The van der Waals surface area contributed by atoms with Gasteiger partial charge in [-0.3, -0.25) is 0 Å². The summed E-state index contributed by atoms with van der Waals surface area (Å²) in [6.45, 7) is 4.96. The van der Waals surface area contributed by atoms with Crippen molar-refractivity contribution in [3.05, 3.63) is 29.8 Å². The lowest BCUT2D eigenvalue weighted by Crippen LogP contribution is -1.97. The third-order valence-electron chi connectivity index (χ3n) is 3.89. The first-order chi connectivity index (χ1) is 10.9. The van der Waals surface area contributed by atoms with E-state index in [1.165, 1.54) is 57.8 Å². The predicted octanol–water partition coefficient (Wildman–Crippen LogP) is 6.36. The van der Waals surface area contributed by atoms with E-state index < -0.39 is 0 Å². The topological polar surface area (TPSA) is 9.23 Å². The molecule has 0 aliphatic rings. The molecule has 0 fully saturated rings. The van der Waals surface area contributed by atoms with Crippen LogP contribution in [0.3, 0.4) is 0 Å². The number of ether oxygens (including phenoxy) is 1. The molecule has 1 heteroatoms. The van der Waals surface area contributed by atoms with Crippen LogP contribution in [0.25, 0.3) is 0 Å². The van der Waals surface area contributed by atoms with Crippen molar-refractivity contribution in [3.8, 4) is 17.6 Å². The molecule has 1 aromatic rings. The maximum atomic E-state index is 5.76. The Bertz CT molecular complexity index is 421. The molecule has 0 atom stereocenters. The number of rotatable bonds is 12. The van der Waals surface area contributed by atoms with Crippen LogP contribution >= 0.6 is 0 Å². The van der Waals surface area contributed by atoms with E-state index in [0.29, 0.717) is 0 Å². The van der Waals surface area contributed by atoms with Crippen LogP contribution in [-0.4, -0.2) is 6.61 Å². The molecule has 0 radical (unpaired) electrons. The SMILES string of the molecule is CC#Cc1ccc(OCCCCCCCCCCCC)cc1. The van der Waals surface area contributed by atoms with Crippen molar-refractivity contribution < 1.29 is 4.74 Å². The molecule has 0 amide bonds. The van der Waals surface area contributed by atoms with Crippen LogP contribution in [0.1, 0.15) is 83.6 Å². The Labute approximate surface area is 137 Å². The Kier molecular flexibility index (Phi) is 11.2. The van der Waals surface area contributed by atoms with Crippen molar-refractivity contribution in [2.45, 2.75) is 78.1 Å². The van der Waals surface area contributed by atoms with E-state index in [-0.39, 0.29) is 0 Å². The van der Waals surface area contributed by atoms with E-state index in [0.717, 1.165) is 24.3 Å². The van der Waals surface area contributed by atoms with Gasteiger partial charge in [0.2, 0.25) is 0 Å². The molecule has 0 N–H and O–H groups in total. The fourth-order valence-corrected chi connectivity index (χ4v) is 2.56. The second-order valence-electron chi connectivity index (χ2n) is 5.93. The van der Waals surface area contributed by atoms with Crippen LogP contribution < -0.4 is 4.74 Å². The zero-order chi connectivity index (χ0) is 15.9. The van der Waals surface area contributed by atoms with Crippen molar-refractivity contribution in [2.75, 3.05) is 6.61 Å². The van der Waals surface area contributed by atoms with E-state index >= 15 is 0 Å². The summed E-state index contributed by atoms with van der Waals surface area (Å²) in [5.41, 5.74) is 1.05. The third kappa shape index (κ3) is 9.50. The quantitative estimate of drug-likeness (QED) is 0.322. The van der Waals surface area contributed by atoms with Gasteiger partial charge in [-0.25, -0.2) is 0 Å². The molecule has 1 aromatic carbocycles. The molecular weight excluding hydrogens is 268 g/mol. The average molecular weight is 300 g/mol. The van der Waals surface area contributed by atoms with Gasteiger partial charge in [-0.1, -0.05) is 70.6 Å². The largest absolute Gasteiger partial charge is 0.494 e. The summed E-state index contributed by atoms with van der Waals surface area (Å²) in [6.07, 6.45) is 13.6. The first-order valence-electron chi connectivity index (χ1n) is 9.02. The van der Waals surface area contributed by atoms with Gasteiger partial charge in [0.05, 0.1) is 6.61 Å². The second kappa shape index (κ2) is 13.3. The minimum absolute atomic E-state index is 0.829. The molecule has 1 rings (SSSR count). The average Bonchev–Trinajstić information content (AvgIpc) is 2.54. The number of benzene rings is 1. The van der Waals surface area contributed by atoms with E-state index in [1.807, 2.05) is 31.2 Å². The lowest BCUT2D eigenvalue weighted by Gasteiger charge is -2.06. The van der Waals surface area contributed by atoms with Crippen molar-refractivity contribution in [1.82, 2.24) is 0 Å². The van der Waals surface area contributed by atoms with E-state index in [4.69, 9.17) is 4.74 Å². The highest BCUT2D eigenvalue weighted by atomic mass is 16.5. The van der Waals surface area contributed by atoms with Crippen molar-refractivity contribution in [2.24, 2.45) is 0 Å². The van der Waals surface area contributed by atoms with Crippen molar-refractivity contribution >= 4 is 0 Å². The minimum atomic E-state index is 0.829. The zero-order valence-corrected chi connectivity index (χ0v) is 14.5. The summed E-state index contributed by atoms with van der Waals surface area (Å²) >= 11 is 0. The summed E-state index contributed by atoms with van der Waals surface area (Å²) in [7, 11) is 0. The van der Waals surface area contributed by atoms with Gasteiger partial charge in [0.25, 0.3) is 0 Å². The van der Waals surface area contributed by atoms with Crippen LogP contribution in [0.15, 0.2) is 24.3 Å². The molecule has 0 aliphatic carbocycles. The van der Waals surface area contributed by atoms with E-state index in [1.54, 1.807) is 0 Å². The Balaban J connectivity index is 1.93. The fourth-order valence-electron chi connectivity index (χ4n) is 2.56. The van der Waals surface area contributed by atoms with Crippen LogP contribution in [-0.2, 0) is 0 Å². The molecule has 0 saturated heterocycles.